The van der Waals surface area contributed by atoms with Crippen LogP contribution in [0.3, 0.4) is 0 Å². The van der Waals surface area contributed by atoms with E-state index in [4.69, 9.17) is 14.6 Å². The fourth-order valence-electron chi connectivity index (χ4n) is 3.91. The fraction of sp³-hybridized carbons (Fsp3) is 0.217. The number of benzene rings is 2. The van der Waals surface area contributed by atoms with Crippen molar-refractivity contribution in [2.24, 2.45) is 5.10 Å². The molecule has 0 amide bonds. The number of ether oxygens (including phenoxy) is 2. The molecular formula is C23H21N3O2. The smallest absolute Gasteiger partial charge is 0.214 e. The standard InChI is InChI=1S/C23H21N3O2/c1-2-27-21-10-6-9-18-20-15-19(16-7-4-3-5-8-16)25-26(20)23(28-22(18)21)17-11-13-24-14-12-17/h3-14,20,23H,2,15H2,1H3/t20-,23-/m0/s1. The van der Waals surface area contributed by atoms with Crippen molar-refractivity contribution in [1.82, 2.24) is 9.99 Å². The minimum Gasteiger partial charge on any atom is -0.490 e. The van der Waals surface area contributed by atoms with E-state index in [-0.39, 0.29) is 12.3 Å². The second-order valence-electron chi connectivity index (χ2n) is 6.87. The first-order chi connectivity index (χ1) is 13.8. The van der Waals surface area contributed by atoms with E-state index >= 15 is 0 Å². The highest BCUT2D eigenvalue weighted by atomic mass is 16.5. The van der Waals surface area contributed by atoms with Gasteiger partial charge in [0.05, 0.1) is 18.4 Å². The van der Waals surface area contributed by atoms with Crippen LogP contribution in [-0.4, -0.2) is 22.3 Å². The van der Waals surface area contributed by atoms with E-state index in [9.17, 15) is 0 Å². The van der Waals surface area contributed by atoms with E-state index < -0.39 is 0 Å². The molecule has 0 radical (unpaired) electrons. The maximum absolute atomic E-state index is 6.47. The van der Waals surface area contributed by atoms with Crippen molar-refractivity contribution < 1.29 is 9.47 Å². The molecule has 2 atom stereocenters. The van der Waals surface area contributed by atoms with Crippen molar-refractivity contribution in [1.29, 1.82) is 0 Å². The van der Waals surface area contributed by atoms with E-state index in [1.165, 1.54) is 0 Å². The Morgan fingerprint density at radius 3 is 2.64 bits per heavy atom. The topological polar surface area (TPSA) is 47.0 Å². The van der Waals surface area contributed by atoms with Crippen molar-refractivity contribution in [3.8, 4) is 11.5 Å². The summed E-state index contributed by atoms with van der Waals surface area (Å²) in [5, 5.41) is 7.06. The molecule has 2 aliphatic rings. The SMILES string of the molecule is CCOc1cccc2c1O[C@@H](c1ccncc1)N1N=C(c3ccccc3)C[C@@H]21. The first-order valence-electron chi connectivity index (χ1n) is 9.58. The van der Waals surface area contributed by atoms with Gasteiger partial charge in [-0.25, -0.2) is 5.01 Å². The van der Waals surface area contributed by atoms with Gasteiger partial charge in [-0.15, -0.1) is 0 Å². The van der Waals surface area contributed by atoms with E-state index in [2.05, 4.69) is 28.2 Å². The predicted molar refractivity (Wildman–Crippen MR) is 107 cm³/mol. The van der Waals surface area contributed by atoms with Crippen molar-refractivity contribution in [2.75, 3.05) is 6.61 Å². The Kier molecular flexibility index (Phi) is 4.20. The first-order valence-corrected chi connectivity index (χ1v) is 9.58. The molecule has 5 heteroatoms. The van der Waals surface area contributed by atoms with Crippen molar-refractivity contribution >= 4 is 5.71 Å². The number of nitrogens with zero attached hydrogens (tertiary/aromatic N) is 3. The molecule has 0 aliphatic carbocycles. The first kappa shape index (κ1) is 16.8. The molecule has 0 fully saturated rings. The van der Waals surface area contributed by atoms with Crippen LogP contribution in [0.4, 0.5) is 0 Å². The number of para-hydroxylation sites is 1. The highest BCUT2D eigenvalue weighted by Crippen LogP contribution is 2.50. The van der Waals surface area contributed by atoms with Gasteiger partial charge in [-0.3, -0.25) is 4.98 Å². The molecule has 0 saturated heterocycles. The molecule has 2 aromatic carbocycles. The van der Waals surface area contributed by atoms with Crippen LogP contribution in [-0.2, 0) is 0 Å². The summed E-state index contributed by atoms with van der Waals surface area (Å²) in [4.78, 5) is 4.14. The Hall–Kier alpha value is -3.34. The van der Waals surface area contributed by atoms with Crippen molar-refractivity contribution in [3.63, 3.8) is 0 Å². The van der Waals surface area contributed by atoms with E-state index in [0.717, 1.165) is 40.3 Å². The van der Waals surface area contributed by atoms with Crippen LogP contribution >= 0.6 is 0 Å². The minimum atomic E-state index is -0.316. The molecule has 0 spiro atoms. The zero-order valence-corrected chi connectivity index (χ0v) is 15.7. The highest BCUT2D eigenvalue weighted by molar-refractivity contribution is 6.01. The van der Waals surface area contributed by atoms with Crippen LogP contribution in [0.1, 0.15) is 42.3 Å². The molecule has 0 bridgehead atoms. The van der Waals surface area contributed by atoms with E-state index in [1.54, 1.807) is 12.4 Å². The number of hydrogen-bond acceptors (Lipinski definition) is 5. The molecule has 3 aromatic rings. The summed E-state index contributed by atoms with van der Waals surface area (Å²) in [6.07, 6.45) is 4.09. The summed E-state index contributed by atoms with van der Waals surface area (Å²) < 4.78 is 12.3. The quantitative estimate of drug-likeness (QED) is 0.666. The van der Waals surface area contributed by atoms with Gasteiger partial charge in [-0.1, -0.05) is 42.5 Å². The lowest BCUT2D eigenvalue weighted by Crippen LogP contribution is -2.33. The number of rotatable bonds is 4. The Morgan fingerprint density at radius 2 is 1.86 bits per heavy atom. The third-order valence-corrected chi connectivity index (χ3v) is 5.18. The molecule has 28 heavy (non-hydrogen) atoms. The van der Waals surface area contributed by atoms with Crippen LogP contribution in [0.15, 0.2) is 78.2 Å². The van der Waals surface area contributed by atoms with Gasteiger partial charge in [0.25, 0.3) is 0 Å². The van der Waals surface area contributed by atoms with Gasteiger partial charge in [-0.05, 0) is 30.7 Å². The number of aromatic nitrogens is 1. The molecule has 0 unspecified atom stereocenters. The maximum atomic E-state index is 6.47. The van der Waals surface area contributed by atoms with Gasteiger partial charge in [0.2, 0.25) is 6.23 Å². The molecule has 0 saturated carbocycles. The zero-order valence-electron chi connectivity index (χ0n) is 15.7. The lowest BCUT2D eigenvalue weighted by atomic mass is 9.95. The molecular weight excluding hydrogens is 350 g/mol. The van der Waals surface area contributed by atoms with Gasteiger partial charge in [-0.2, -0.15) is 5.10 Å². The van der Waals surface area contributed by atoms with Crippen molar-refractivity contribution in [2.45, 2.75) is 25.6 Å². The third kappa shape index (κ3) is 2.80. The fourth-order valence-corrected chi connectivity index (χ4v) is 3.91. The van der Waals surface area contributed by atoms with Gasteiger partial charge < -0.3 is 9.47 Å². The number of fused-ring (bicyclic) bond motifs is 3. The zero-order chi connectivity index (χ0) is 18.9. The summed E-state index contributed by atoms with van der Waals surface area (Å²) in [6.45, 7) is 2.58. The van der Waals surface area contributed by atoms with Gasteiger partial charge in [0, 0.05) is 29.9 Å². The molecule has 5 nitrogen and oxygen atoms in total. The van der Waals surface area contributed by atoms with Crippen molar-refractivity contribution in [3.05, 3.63) is 89.7 Å². The third-order valence-electron chi connectivity index (χ3n) is 5.18. The van der Waals surface area contributed by atoms with Crippen LogP contribution in [0.2, 0.25) is 0 Å². The molecule has 5 rings (SSSR count). The van der Waals surface area contributed by atoms with E-state index in [0.29, 0.717) is 6.61 Å². The maximum Gasteiger partial charge on any atom is 0.214 e. The number of pyridine rings is 1. The second-order valence-corrected chi connectivity index (χ2v) is 6.87. The minimum absolute atomic E-state index is 0.109. The Morgan fingerprint density at radius 1 is 1.04 bits per heavy atom. The molecule has 3 heterocycles. The Bertz CT molecular complexity index is 1000. The molecule has 1 aromatic heterocycles. The molecule has 0 N–H and O–H groups in total. The molecule has 2 aliphatic heterocycles. The monoisotopic (exact) mass is 371 g/mol. The van der Waals surface area contributed by atoms with E-state index in [1.807, 2.05) is 49.4 Å². The normalized spacial score (nSPS) is 20.0. The van der Waals surface area contributed by atoms with Crippen LogP contribution in [0.5, 0.6) is 11.5 Å². The summed E-state index contributed by atoms with van der Waals surface area (Å²) >= 11 is 0. The van der Waals surface area contributed by atoms with Crippen LogP contribution in [0, 0.1) is 0 Å². The average molecular weight is 371 g/mol. The highest BCUT2D eigenvalue weighted by Gasteiger charge is 2.42. The summed E-state index contributed by atoms with van der Waals surface area (Å²) in [6, 6.07) is 20.5. The van der Waals surface area contributed by atoms with Gasteiger partial charge in [0.1, 0.15) is 0 Å². The van der Waals surface area contributed by atoms with Crippen LogP contribution in [0.25, 0.3) is 0 Å². The predicted octanol–water partition coefficient (Wildman–Crippen LogP) is 4.72. The number of hydrazone groups is 1. The summed E-state index contributed by atoms with van der Waals surface area (Å²) in [5.41, 5.74) is 4.36. The van der Waals surface area contributed by atoms with Crippen LogP contribution < -0.4 is 9.47 Å². The average Bonchev–Trinajstić information content (AvgIpc) is 3.21. The summed E-state index contributed by atoms with van der Waals surface area (Å²) in [5.74, 6) is 1.60. The largest absolute Gasteiger partial charge is 0.490 e. The number of hydrogen-bond donors (Lipinski definition) is 0. The van der Waals surface area contributed by atoms with Gasteiger partial charge >= 0.3 is 0 Å². The Labute approximate surface area is 164 Å². The Balaban J connectivity index is 1.62. The lowest BCUT2D eigenvalue weighted by molar-refractivity contribution is -0.0212. The lowest BCUT2D eigenvalue weighted by Gasteiger charge is -2.38. The summed E-state index contributed by atoms with van der Waals surface area (Å²) in [7, 11) is 0. The van der Waals surface area contributed by atoms with Gasteiger partial charge in [0.15, 0.2) is 11.5 Å². The second kappa shape index (κ2) is 7.00. The molecule has 140 valence electrons.